The van der Waals surface area contributed by atoms with Crippen molar-refractivity contribution < 1.29 is 9.72 Å². The van der Waals surface area contributed by atoms with Crippen LogP contribution >= 0.6 is 23.4 Å². The lowest BCUT2D eigenvalue weighted by Gasteiger charge is -2.04. The zero-order chi connectivity index (χ0) is 25.3. The lowest BCUT2D eigenvalue weighted by molar-refractivity contribution is -0.384. The Morgan fingerprint density at radius 1 is 1.03 bits per heavy atom. The second-order valence-corrected chi connectivity index (χ2v) is 8.46. The molecule has 180 valence electrons. The summed E-state index contributed by atoms with van der Waals surface area (Å²) >= 11 is 7.09. The number of rotatable bonds is 9. The highest BCUT2D eigenvalue weighted by atomic mass is 35.5. The molecule has 0 aliphatic heterocycles. The maximum Gasteiger partial charge on any atom is 0.269 e. The van der Waals surface area contributed by atoms with Gasteiger partial charge < -0.3 is 0 Å². The number of benzene rings is 2. The second-order valence-electron chi connectivity index (χ2n) is 7.08. The quantitative estimate of drug-likeness (QED) is 0.152. The van der Waals surface area contributed by atoms with Crippen LogP contribution < -0.4 is 5.43 Å². The van der Waals surface area contributed by atoms with Crippen molar-refractivity contribution in [1.29, 1.82) is 0 Å². The fraction of sp³-hybridized carbons (Fsp3) is 0.0435. The van der Waals surface area contributed by atoms with Gasteiger partial charge in [-0.3, -0.25) is 19.9 Å². The number of nitro groups is 1. The molecule has 0 aliphatic rings. The summed E-state index contributed by atoms with van der Waals surface area (Å²) in [7, 11) is 0. The van der Waals surface area contributed by atoms with Crippen LogP contribution in [-0.2, 0) is 4.79 Å². The number of pyridine rings is 1. The summed E-state index contributed by atoms with van der Waals surface area (Å²) in [5.74, 6) is 0.115. The number of carbonyl (C=O) groups excluding carboxylic acids is 1. The van der Waals surface area contributed by atoms with Gasteiger partial charge in [0.1, 0.15) is 0 Å². The molecule has 0 saturated carbocycles. The Hall–Kier alpha value is -4.42. The molecule has 0 bridgehead atoms. The normalized spacial score (nSPS) is 11.2. The molecule has 0 unspecified atom stereocenters. The van der Waals surface area contributed by atoms with E-state index >= 15 is 0 Å². The average Bonchev–Trinajstić information content (AvgIpc) is 3.30. The minimum absolute atomic E-state index is 0.00252. The molecule has 2 aromatic carbocycles. The first-order valence-electron chi connectivity index (χ1n) is 10.3. The number of nitrogens with one attached hydrogen (secondary N) is 1. The van der Waals surface area contributed by atoms with E-state index in [4.69, 9.17) is 11.6 Å². The SMILES string of the molecule is O=C(CSc1nnc(-c2ccncc2)n1/N=C\c1ccc(Cl)cc1)N/N=C\c1ccc([N+](=O)[O-])cc1. The minimum Gasteiger partial charge on any atom is -0.272 e. The molecule has 11 nitrogen and oxygen atoms in total. The van der Waals surface area contributed by atoms with Gasteiger partial charge in [0, 0.05) is 35.1 Å². The Morgan fingerprint density at radius 2 is 1.69 bits per heavy atom. The molecular weight excluding hydrogens is 504 g/mol. The molecule has 0 spiro atoms. The number of hydrogen-bond acceptors (Lipinski definition) is 9. The summed E-state index contributed by atoms with van der Waals surface area (Å²) in [6.07, 6.45) is 6.32. The van der Waals surface area contributed by atoms with Crippen molar-refractivity contribution in [3.05, 3.63) is 99.3 Å². The summed E-state index contributed by atoms with van der Waals surface area (Å²) in [4.78, 5) is 26.6. The van der Waals surface area contributed by atoms with Crippen LogP contribution in [0, 0.1) is 10.1 Å². The highest BCUT2D eigenvalue weighted by Gasteiger charge is 2.15. The third-order valence-corrected chi connectivity index (χ3v) is 5.75. The first-order valence-corrected chi connectivity index (χ1v) is 11.7. The van der Waals surface area contributed by atoms with Gasteiger partial charge in [-0.05, 0) is 47.5 Å². The van der Waals surface area contributed by atoms with Crippen LogP contribution in [-0.4, -0.2) is 48.9 Å². The summed E-state index contributed by atoms with van der Waals surface area (Å²) in [5.41, 5.74) is 4.58. The van der Waals surface area contributed by atoms with Crippen LogP contribution in [0.15, 0.2) is 88.4 Å². The zero-order valence-corrected chi connectivity index (χ0v) is 20.0. The Balaban J connectivity index is 1.44. The van der Waals surface area contributed by atoms with Crippen LogP contribution in [0.5, 0.6) is 0 Å². The molecule has 4 aromatic rings. The molecule has 2 heterocycles. The standard InChI is InChI=1S/C23H17ClN8O3S/c24-19-5-1-17(2-6-19)14-27-31-22(18-9-11-25-12-10-18)29-30-23(31)36-15-21(33)28-26-13-16-3-7-20(8-4-16)32(34)35/h1-14H,15H2,(H,28,33)/b26-13-,27-14-. The Kier molecular flexibility index (Phi) is 8.11. The topological polar surface area (TPSA) is 141 Å². The van der Waals surface area contributed by atoms with Crippen molar-refractivity contribution >= 4 is 47.4 Å². The number of halogens is 1. The highest BCUT2D eigenvalue weighted by molar-refractivity contribution is 7.99. The van der Waals surface area contributed by atoms with Gasteiger partial charge in [0.25, 0.3) is 11.6 Å². The maximum atomic E-state index is 12.3. The smallest absolute Gasteiger partial charge is 0.269 e. The van der Waals surface area contributed by atoms with Gasteiger partial charge in [-0.2, -0.15) is 14.9 Å². The van der Waals surface area contributed by atoms with Crippen LogP contribution in [0.2, 0.25) is 5.02 Å². The number of carbonyl (C=O) groups is 1. The molecule has 0 atom stereocenters. The highest BCUT2D eigenvalue weighted by Crippen LogP contribution is 2.23. The monoisotopic (exact) mass is 520 g/mol. The first kappa shape index (κ1) is 24.7. The van der Waals surface area contributed by atoms with Gasteiger partial charge in [0.15, 0.2) is 5.82 Å². The number of hydrogen-bond donors (Lipinski definition) is 1. The molecular formula is C23H17ClN8O3S. The average molecular weight is 521 g/mol. The summed E-state index contributed by atoms with van der Waals surface area (Å²) < 4.78 is 1.54. The van der Waals surface area contributed by atoms with Gasteiger partial charge in [-0.1, -0.05) is 35.5 Å². The Labute approximate surface area is 214 Å². The number of hydrazone groups is 1. The number of amides is 1. The summed E-state index contributed by atoms with van der Waals surface area (Å²) in [6.45, 7) is 0. The van der Waals surface area contributed by atoms with Gasteiger partial charge >= 0.3 is 0 Å². The lowest BCUT2D eigenvalue weighted by Crippen LogP contribution is -2.19. The fourth-order valence-electron chi connectivity index (χ4n) is 2.84. The van der Waals surface area contributed by atoms with E-state index in [9.17, 15) is 14.9 Å². The molecule has 0 radical (unpaired) electrons. The van der Waals surface area contributed by atoms with E-state index in [1.807, 2.05) is 12.1 Å². The molecule has 1 N–H and O–H groups in total. The van der Waals surface area contributed by atoms with E-state index in [0.717, 1.165) is 22.9 Å². The van der Waals surface area contributed by atoms with E-state index in [2.05, 4.69) is 30.8 Å². The van der Waals surface area contributed by atoms with Crippen molar-refractivity contribution in [1.82, 2.24) is 25.3 Å². The predicted octanol–water partition coefficient (Wildman–Crippen LogP) is 4.03. The fourth-order valence-corrected chi connectivity index (χ4v) is 3.64. The van der Waals surface area contributed by atoms with Crippen LogP contribution in [0.4, 0.5) is 5.69 Å². The van der Waals surface area contributed by atoms with Gasteiger partial charge in [-0.25, -0.2) is 5.43 Å². The second kappa shape index (κ2) is 11.8. The molecule has 1 amide bonds. The summed E-state index contributed by atoms with van der Waals surface area (Å²) in [6, 6.07) is 16.5. The molecule has 36 heavy (non-hydrogen) atoms. The molecule has 0 aliphatic carbocycles. The van der Waals surface area contributed by atoms with E-state index in [0.29, 0.717) is 21.6 Å². The lowest BCUT2D eigenvalue weighted by atomic mass is 10.2. The molecule has 0 saturated heterocycles. The van der Waals surface area contributed by atoms with E-state index in [1.54, 1.807) is 47.5 Å². The number of nitrogens with zero attached hydrogens (tertiary/aromatic N) is 7. The number of thioether (sulfide) groups is 1. The number of non-ortho nitro benzene ring substituents is 1. The van der Waals surface area contributed by atoms with Crippen molar-refractivity contribution in [2.24, 2.45) is 10.2 Å². The summed E-state index contributed by atoms with van der Waals surface area (Å²) in [5, 5.41) is 28.6. The molecule has 2 aromatic heterocycles. The van der Waals surface area contributed by atoms with E-state index in [-0.39, 0.29) is 17.3 Å². The van der Waals surface area contributed by atoms with Gasteiger partial charge in [-0.15, -0.1) is 10.2 Å². The van der Waals surface area contributed by atoms with Crippen LogP contribution in [0.1, 0.15) is 11.1 Å². The molecule has 0 fully saturated rings. The zero-order valence-electron chi connectivity index (χ0n) is 18.4. The van der Waals surface area contributed by atoms with E-state index in [1.165, 1.54) is 30.5 Å². The number of aromatic nitrogens is 4. The van der Waals surface area contributed by atoms with Gasteiger partial charge in [0.05, 0.1) is 23.1 Å². The maximum absolute atomic E-state index is 12.3. The minimum atomic E-state index is -0.488. The van der Waals surface area contributed by atoms with Crippen LogP contribution in [0.3, 0.4) is 0 Å². The Morgan fingerprint density at radius 3 is 2.39 bits per heavy atom. The van der Waals surface area contributed by atoms with Gasteiger partial charge in [0.2, 0.25) is 5.16 Å². The predicted molar refractivity (Wildman–Crippen MR) is 137 cm³/mol. The Bertz CT molecular complexity index is 1410. The molecule has 4 rings (SSSR count). The van der Waals surface area contributed by atoms with Crippen molar-refractivity contribution in [2.45, 2.75) is 5.16 Å². The van der Waals surface area contributed by atoms with Crippen molar-refractivity contribution in [3.63, 3.8) is 0 Å². The third kappa shape index (κ3) is 6.58. The largest absolute Gasteiger partial charge is 0.272 e. The van der Waals surface area contributed by atoms with E-state index < -0.39 is 4.92 Å². The number of nitro benzene ring substituents is 1. The van der Waals surface area contributed by atoms with Crippen LogP contribution in [0.25, 0.3) is 11.4 Å². The van der Waals surface area contributed by atoms with Crippen molar-refractivity contribution in [3.8, 4) is 11.4 Å². The molecule has 13 heteroatoms. The third-order valence-electron chi connectivity index (χ3n) is 4.58. The first-order chi connectivity index (χ1) is 17.5. The van der Waals surface area contributed by atoms with Crippen molar-refractivity contribution in [2.75, 3.05) is 5.75 Å².